The molecule has 0 radical (unpaired) electrons. The molecule has 0 saturated carbocycles. The minimum atomic E-state index is 0.150. The lowest BCUT2D eigenvalue weighted by Gasteiger charge is -2.35. The first-order valence-electron chi connectivity index (χ1n) is 8.40. The predicted octanol–water partition coefficient (Wildman–Crippen LogP) is 1.89. The summed E-state index contributed by atoms with van der Waals surface area (Å²) in [6.07, 6.45) is 1.20. The molecule has 1 aromatic heterocycles. The molecule has 7 heteroatoms. The number of aromatic nitrogens is 4. The molecule has 2 atom stereocenters. The number of nitrogens with zero attached hydrogens (tertiary/aromatic N) is 5. The highest BCUT2D eigenvalue weighted by Crippen LogP contribution is 2.21. The van der Waals surface area contributed by atoms with Gasteiger partial charge in [0, 0.05) is 18.8 Å². The zero-order valence-corrected chi connectivity index (χ0v) is 14.4. The number of likely N-dealkylation sites (tertiary alicyclic amines) is 1. The summed E-state index contributed by atoms with van der Waals surface area (Å²) >= 11 is 0. The minimum Gasteiger partial charge on any atom is -0.376 e. The topological polar surface area (TPSA) is 75.9 Å². The van der Waals surface area contributed by atoms with Crippen LogP contribution in [0, 0.1) is 18.8 Å². The molecule has 1 N–H and O–H groups in total. The summed E-state index contributed by atoms with van der Waals surface area (Å²) in [6.45, 7) is 8.28. The van der Waals surface area contributed by atoms with E-state index in [1.165, 1.54) is 6.42 Å². The summed E-state index contributed by atoms with van der Waals surface area (Å²) in [5, 5.41) is 14.7. The summed E-state index contributed by atoms with van der Waals surface area (Å²) in [6, 6.07) is 7.74. The van der Waals surface area contributed by atoms with Gasteiger partial charge in [-0.3, -0.25) is 4.79 Å². The Hall–Kier alpha value is -2.44. The molecule has 1 fully saturated rings. The molecule has 1 aliphatic heterocycles. The van der Waals surface area contributed by atoms with Crippen LogP contribution in [0.2, 0.25) is 0 Å². The van der Waals surface area contributed by atoms with Crippen molar-refractivity contribution in [3.63, 3.8) is 0 Å². The van der Waals surface area contributed by atoms with Crippen LogP contribution in [0.3, 0.4) is 0 Å². The molecular weight excluding hydrogens is 304 g/mol. The lowest BCUT2D eigenvalue weighted by molar-refractivity contribution is -0.131. The van der Waals surface area contributed by atoms with Crippen molar-refractivity contribution in [3.05, 3.63) is 30.1 Å². The Kier molecular flexibility index (Phi) is 4.78. The summed E-state index contributed by atoms with van der Waals surface area (Å²) in [4.78, 5) is 14.4. The quantitative estimate of drug-likeness (QED) is 0.927. The van der Waals surface area contributed by atoms with Crippen molar-refractivity contribution < 1.29 is 4.79 Å². The van der Waals surface area contributed by atoms with E-state index in [1.807, 2.05) is 36.1 Å². The number of carbonyl (C=O) groups is 1. The van der Waals surface area contributed by atoms with Gasteiger partial charge in [0.15, 0.2) is 5.82 Å². The van der Waals surface area contributed by atoms with E-state index in [0.717, 1.165) is 30.3 Å². The molecule has 0 bridgehead atoms. The molecule has 2 aromatic rings. The predicted molar refractivity (Wildman–Crippen MR) is 91.9 cm³/mol. The number of piperidine rings is 1. The zero-order chi connectivity index (χ0) is 17.1. The second-order valence-corrected chi connectivity index (χ2v) is 6.79. The van der Waals surface area contributed by atoms with Crippen molar-refractivity contribution >= 4 is 11.6 Å². The number of amides is 1. The Balaban J connectivity index is 1.62. The molecule has 1 saturated heterocycles. The van der Waals surface area contributed by atoms with Crippen molar-refractivity contribution in [2.75, 3.05) is 25.0 Å². The Morgan fingerprint density at radius 1 is 1.29 bits per heavy atom. The van der Waals surface area contributed by atoms with Crippen LogP contribution in [0.4, 0.5) is 5.69 Å². The first kappa shape index (κ1) is 16.4. The zero-order valence-electron chi connectivity index (χ0n) is 14.4. The van der Waals surface area contributed by atoms with E-state index in [1.54, 1.807) is 4.68 Å². The Morgan fingerprint density at radius 2 is 2.04 bits per heavy atom. The molecule has 0 aliphatic carbocycles. The van der Waals surface area contributed by atoms with Crippen LogP contribution in [-0.4, -0.2) is 50.6 Å². The fraction of sp³-hybridized carbons (Fsp3) is 0.529. The SMILES string of the molecule is Cc1nnnn1-c1cccc(NCC(=O)N2C[C@H](C)C[C@H](C)C2)c1. The number of anilines is 1. The lowest BCUT2D eigenvalue weighted by atomic mass is 9.92. The smallest absolute Gasteiger partial charge is 0.241 e. The highest BCUT2D eigenvalue weighted by molar-refractivity contribution is 5.81. The number of nitrogens with one attached hydrogen (secondary N) is 1. The standard InChI is InChI=1S/C17H24N6O/c1-12-7-13(2)11-22(10-12)17(24)9-18-15-5-4-6-16(8-15)23-14(3)19-20-21-23/h4-6,8,12-13,18H,7,9-11H2,1-3H3/t12-,13+. The number of carbonyl (C=O) groups excluding carboxylic acids is 1. The van der Waals surface area contributed by atoms with Gasteiger partial charge in [0.05, 0.1) is 12.2 Å². The molecule has 1 aliphatic rings. The third kappa shape index (κ3) is 3.72. The van der Waals surface area contributed by atoms with Crippen LogP contribution in [0.25, 0.3) is 5.69 Å². The summed E-state index contributed by atoms with van der Waals surface area (Å²) in [7, 11) is 0. The average Bonchev–Trinajstić information content (AvgIpc) is 2.98. The number of hydrogen-bond donors (Lipinski definition) is 1. The number of hydrogen-bond acceptors (Lipinski definition) is 5. The van der Waals surface area contributed by atoms with Gasteiger partial charge in [-0.05, 0) is 53.8 Å². The molecule has 1 aromatic carbocycles. The number of aryl methyl sites for hydroxylation is 1. The van der Waals surface area contributed by atoms with E-state index in [4.69, 9.17) is 0 Å². The van der Waals surface area contributed by atoms with Crippen LogP contribution in [0.15, 0.2) is 24.3 Å². The lowest BCUT2D eigenvalue weighted by Crippen LogP contribution is -2.44. The number of rotatable bonds is 4. The highest BCUT2D eigenvalue weighted by Gasteiger charge is 2.24. The summed E-state index contributed by atoms with van der Waals surface area (Å²) < 4.78 is 1.67. The third-order valence-corrected chi connectivity index (χ3v) is 4.38. The van der Waals surface area contributed by atoms with Gasteiger partial charge < -0.3 is 10.2 Å². The molecule has 7 nitrogen and oxygen atoms in total. The van der Waals surface area contributed by atoms with E-state index >= 15 is 0 Å². The molecule has 2 heterocycles. The maximum atomic E-state index is 12.5. The Morgan fingerprint density at radius 3 is 2.71 bits per heavy atom. The maximum absolute atomic E-state index is 12.5. The van der Waals surface area contributed by atoms with Crippen molar-refractivity contribution in [2.45, 2.75) is 27.2 Å². The van der Waals surface area contributed by atoms with Gasteiger partial charge >= 0.3 is 0 Å². The Bertz CT molecular complexity index is 703. The normalized spacial score (nSPS) is 20.9. The van der Waals surface area contributed by atoms with Crippen molar-refractivity contribution in [1.82, 2.24) is 25.1 Å². The molecule has 24 heavy (non-hydrogen) atoms. The van der Waals surface area contributed by atoms with E-state index in [0.29, 0.717) is 18.4 Å². The van der Waals surface area contributed by atoms with Crippen molar-refractivity contribution in [3.8, 4) is 5.69 Å². The van der Waals surface area contributed by atoms with Gasteiger partial charge in [-0.25, -0.2) is 0 Å². The van der Waals surface area contributed by atoms with E-state index < -0.39 is 0 Å². The van der Waals surface area contributed by atoms with Gasteiger partial charge in [0.2, 0.25) is 5.91 Å². The summed E-state index contributed by atoms with van der Waals surface area (Å²) in [5.41, 5.74) is 1.75. The Labute approximate surface area is 142 Å². The van der Waals surface area contributed by atoms with E-state index in [2.05, 4.69) is 34.7 Å². The first-order chi connectivity index (χ1) is 11.5. The maximum Gasteiger partial charge on any atom is 0.241 e. The third-order valence-electron chi connectivity index (χ3n) is 4.38. The largest absolute Gasteiger partial charge is 0.376 e. The highest BCUT2D eigenvalue weighted by atomic mass is 16.2. The van der Waals surface area contributed by atoms with Crippen LogP contribution in [-0.2, 0) is 4.79 Å². The molecular formula is C17H24N6O. The van der Waals surface area contributed by atoms with Crippen molar-refractivity contribution in [1.29, 1.82) is 0 Å². The fourth-order valence-electron chi connectivity index (χ4n) is 3.37. The first-order valence-corrected chi connectivity index (χ1v) is 8.40. The van der Waals surface area contributed by atoms with Crippen LogP contribution >= 0.6 is 0 Å². The van der Waals surface area contributed by atoms with E-state index in [-0.39, 0.29) is 5.91 Å². The van der Waals surface area contributed by atoms with E-state index in [9.17, 15) is 4.79 Å². The fourth-order valence-corrected chi connectivity index (χ4v) is 3.37. The van der Waals surface area contributed by atoms with Gasteiger partial charge in [-0.15, -0.1) is 5.10 Å². The van der Waals surface area contributed by atoms with Gasteiger partial charge in [0.25, 0.3) is 0 Å². The number of tetrazole rings is 1. The molecule has 0 unspecified atom stereocenters. The van der Waals surface area contributed by atoms with Gasteiger partial charge in [0.1, 0.15) is 0 Å². The molecule has 1 amide bonds. The van der Waals surface area contributed by atoms with Crippen LogP contribution in [0.5, 0.6) is 0 Å². The van der Waals surface area contributed by atoms with Gasteiger partial charge in [-0.1, -0.05) is 19.9 Å². The number of benzene rings is 1. The molecule has 3 rings (SSSR count). The monoisotopic (exact) mass is 328 g/mol. The average molecular weight is 328 g/mol. The summed E-state index contributed by atoms with van der Waals surface area (Å²) in [5.74, 6) is 2.02. The van der Waals surface area contributed by atoms with Crippen molar-refractivity contribution in [2.24, 2.45) is 11.8 Å². The molecule has 0 spiro atoms. The van der Waals surface area contributed by atoms with Crippen LogP contribution < -0.4 is 5.32 Å². The minimum absolute atomic E-state index is 0.150. The molecule has 128 valence electrons. The van der Waals surface area contributed by atoms with Gasteiger partial charge in [-0.2, -0.15) is 4.68 Å². The second kappa shape index (κ2) is 6.98. The van der Waals surface area contributed by atoms with Crippen LogP contribution in [0.1, 0.15) is 26.1 Å². The second-order valence-electron chi connectivity index (χ2n) is 6.79.